The molecule has 0 aliphatic carbocycles. The third kappa shape index (κ3) is 5.91. The summed E-state index contributed by atoms with van der Waals surface area (Å²) >= 11 is 5.78. The molecular formula is C24H28ClFN4O. The van der Waals surface area contributed by atoms with Gasteiger partial charge in [-0.05, 0) is 75.8 Å². The Labute approximate surface area is 188 Å². The Kier molecular flexibility index (Phi) is 7.80. The van der Waals surface area contributed by atoms with Gasteiger partial charge in [0.2, 0.25) is 6.41 Å². The van der Waals surface area contributed by atoms with Gasteiger partial charge in [0.25, 0.3) is 0 Å². The molecule has 1 aromatic heterocycles. The Morgan fingerprint density at radius 2 is 2.03 bits per heavy atom. The largest absolute Gasteiger partial charge is 0.357 e. The summed E-state index contributed by atoms with van der Waals surface area (Å²) in [6.45, 7) is 7.38. The number of halogens is 2. The average molecular weight is 443 g/mol. The Morgan fingerprint density at radius 1 is 1.29 bits per heavy atom. The molecule has 164 valence electrons. The molecule has 2 heterocycles. The molecule has 0 bridgehead atoms. The van der Waals surface area contributed by atoms with Gasteiger partial charge in [0.05, 0.1) is 16.9 Å². The highest BCUT2D eigenvalue weighted by molar-refractivity contribution is 6.30. The van der Waals surface area contributed by atoms with Crippen molar-refractivity contribution in [2.75, 3.05) is 22.9 Å². The second-order valence-electron chi connectivity index (χ2n) is 7.82. The second-order valence-corrected chi connectivity index (χ2v) is 8.23. The van der Waals surface area contributed by atoms with Gasteiger partial charge in [0, 0.05) is 18.8 Å². The SMILES string of the molecule is C/C=C(C)\N=C(\C)N(C=O)c1ccc(N2CCC(Cc3ccc(Cl)c(F)c3)CC2)nc1. The number of hydrogen-bond acceptors (Lipinski definition) is 4. The Balaban J connectivity index is 1.60. The maximum absolute atomic E-state index is 13.7. The molecule has 0 radical (unpaired) electrons. The second kappa shape index (κ2) is 10.5. The number of piperidine rings is 1. The molecule has 31 heavy (non-hydrogen) atoms. The smallest absolute Gasteiger partial charge is 0.219 e. The highest BCUT2D eigenvalue weighted by Crippen LogP contribution is 2.27. The van der Waals surface area contributed by atoms with E-state index in [1.165, 1.54) is 11.0 Å². The first-order valence-electron chi connectivity index (χ1n) is 10.5. The predicted molar refractivity (Wildman–Crippen MR) is 125 cm³/mol. The van der Waals surface area contributed by atoms with Crippen molar-refractivity contribution in [2.45, 2.75) is 40.0 Å². The van der Waals surface area contributed by atoms with E-state index in [9.17, 15) is 9.18 Å². The highest BCUT2D eigenvalue weighted by atomic mass is 35.5. The standard InChI is InChI=1S/C24H28ClFN4O/c1-4-17(2)28-18(3)30(16-31)21-6-8-24(27-15-21)29-11-9-19(10-12-29)13-20-5-7-22(25)23(26)14-20/h4-8,14-16,19H,9-13H2,1-3H3/b17-4-,28-18-. The van der Waals surface area contributed by atoms with E-state index in [0.29, 0.717) is 17.4 Å². The quantitative estimate of drug-likeness (QED) is 0.330. The first kappa shape index (κ1) is 22.9. The first-order valence-corrected chi connectivity index (χ1v) is 10.9. The Morgan fingerprint density at radius 3 is 2.61 bits per heavy atom. The number of aromatic nitrogens is 1. The van der Waals surface area contributed by atoms with Crippen LogP contribution < -0.4 is 9.80 Å². The fourth-order valence-corrected chi connectivity index (χ4v) is 3.89. The molecule has 1 saturated heterocycles. The fourth-order valence-electron chi connectivity index (χ4n) is 3.77. The lowest BCUT2D eigenvalue weighted by Crippen LogP contribution is -2.35. The molecule has 0 atom stereocenters. The van der Waals surface area contributed by atoms with E-state index in [2.05, 4.69) is 14.9 Å². The van der Waals surface area contributed by atoms with E-state index >= 15 is 0 Å². The Hall–Kier alpha value is -2.73. The van der Waals surface area contributed by atoms with Gasteiger partial charge >= 0.3 is 0 Å². The van der Waals surface area contributed by atoms with Gasteiger partial charge in [-0.3, -0.25) is 9.69 Å². The molecule has 1 aliphatic heterocycles. The number of aliphatic imine (C=N–C) groups is 1. The van der Waals surface area contributed by atoms with Crippen LogP contribution in [0, 0.1) is 11.7 Å². The van der Waals surface area contributed by atoms with Gasteiger partial charge in [-0.15, -0.1) is 0 Å². The van der Waals surface area contributed by atoms with Crippen molar-refractivity contribution in [1.82, 2.24) is 4.98 Å². The third-order valence-electron chi connectivity index (χ3n) is 5.67. The third-order valence-corrected chi connectivity index (χ3v) is 5.97. The number of anilines is 2. The van der Waals surface area contributed by atoms with Gasteiger partial charge in [-0.2, -0.15) is 0 Å². The highest BCUT2D eigenvalue weighted by Gasteiger charge is 2.21. The summed E-state index contributed by atoms with van der Waals surface area (Å²) in [4.78, 5) is 24.3. The van der Waals surface area contributed by atoms with Crippen LogP contribution >= 0.6 is 11.6 Å². The summed E-state index contributed by atoms with van der Waals surface area (Å²) in [5.41, 5.74) is 2.52. The number of pyridine rings is 1. The molecule has 7 heteroatoms. The van der Waals surface area contributed by atoms with Crippen LogP contribution in [0.15, 0.2) is 53.3 Å². The maximum atomic E-state index is 13.7. The topological polar surface area (TPSA) is 48.8 Å². The normalized spacial score (nSPS) is 15.8. The van der Waals surface area contributed by atoms with Crippen molar-refractivity contribution in [3.05, 3.63) is 64.7 Å². The molecular weight excluding hydrogens is 415 g/mol. The van der Waals surface area contributed by atoms with Crippen LogP contribution in [0.25, 0.3) is 0 Å². The molecule has 0 unspecified atom stereocenters. The zero-order chi connectivity index (χ0) is 22.4. The Bertz CT molecular complexity index is 966. The number of hydrogen-bond donors (Lipinski definition) is 0. The molecule has 5 nitrogen and oxygen atoms in total. The number of allylic oxidation sites excluding steroid dienone is 2. The van der Waals surface area contributed by atoms with Crippen LogP contribution in [0.5, 0.6) is 0 Å². The van der Waals surface area contributed by atoms with Crippen molar-refractivity contribution in [3.8, 4) is 0 Å². The zero-order valence-electron chi connectivity index (χ0n) is 18.2. The lowest BCUT2D eigenvalue weighted by Gasteiger charge is -2.33. The number of nitrogens with zero attached hydrogens (tertiary/aromatic N) is 4. The van der Waals surface area contributed by atoms with E-state index in [4.69, 9.17) is 11.6 Å². The molecule has 1 aliphatic rings. The van der Waals surface area contributed by atoms with Gasteiger partial charge in [-0.1, -0.05) is 23.7 Å². The molecule has 0 saturated carbocycles. The summed E-state index contributed by atoms with van der Waals surface area (Å²) in [5.74, 6) is 1.64. The summed E-state index contributed by atoms with van der Waals surface area (Å²) in [6.07, 6.45) is 7.23. The van der Waals surface area contributed by atoms with Crippen molar-refractivity contribution in [1.29, 1.82) is 0 Å². The fraction of sp³-hybridized carbons (Fsp3) is 0.375. The van der Waals surface area contributed by atoms with Crippen molar-refractivity contribution in [2.24, 2.45) is 10.9 Å². The minimum atomic E-state index is -0.355. The van der Waals surface area contributed by atoms with E-state index < -0.39 is 0 Å². The molecule has 1 aromatic carbocycles. The number of benzene rings is 1. The summed E-state index contributed by atoms with van der Waals surface area (Å²) in [7, 11) is 0. The number of carbonyl (C=O) groups is 1. The molecule has 0 spiro atoms. The number of amidine groups is 1. The first-order chi connectivity index (χ1) is 14.9. The van der Waals surface area contributed by atoms with E-state index in [1.807, 2.05) is 38.1 Å². The van der Waals surface area contributed by atoms with Crippen LogP contribution in [0.1, 0.15) is 39.2 Å². The van der Waals surface area contributed by atoms with E-state index in [-0.39, 0.29) is 10.8 Å². The minimum absolute atomic E-state index is 0.166. The summed E-state index contributed by atoms with van der Waals surface area (Å²) < 4.78 is 13.7. The van der Waals surface area contributed by atoms with Crippen LogP contribution in [-0.2, 0) is 11.2 Å². The zero-order valence-corrected chi connectivity index (χ0v) is 18.9. The van der Waals surface area contributed by atoms with Crippen LogP contribution in [-0.4, -0.2) is 30.3 Å². The molecule has 0 N–H and O–H groups in total. The maximum Gasteiger partial charge on any atom is 0.219 e. The monoisotopic (exact) mass is 442 g/mol. The van der Waals surface area contributed by atoms with Crippen molar-refractivity contribution in [3.63, 3.8) is 0 Å². The molecule has 1 amide bonds. The van der Waals surface area contributed by atoms with Gasteiger partial charge < -0.3 is 4.90 Å². The van der Waals surface area contributed by atoms with Crippen molar-refractivity contribution < 1.29 is 9.18 Å². The number of amides is 1. The van der Waals surface area contributed by atoms with Gasteiger partial charge in [0.15, 0.2) is 0 Å². The van der Waals surface area contributed by atoms with Crippen molar-refractivity contribution >= 4 is 35.4 Å². The van der Waals surface area contributed by atoms with Crippen LogP contribution in [0.4, 0.5) is 15.9 Å². The number of rotatable bonds is 6. The lowest BCUT2D eigenvalue weighted by atomic mass is 9.90. The van der Waals surface area contributed by atoms with E-state index in [0.717, 1.165) is 55.8 Å². The molecule has 2 aromatic rings. The lowest BCUT2D eigenvalue weighted by molar-refractivity contribution is -0.106. The minimum Gasteiger partial charge on any atom is -0.357 e. The number of carbonyl (C=O) groups excluding carboxylic acids is 1. The van der Waals surface area contributed by atoms with Gasteiger partial charge in [-0.25, -0.2) is 14.4 Å². The average Bonchev–Trinajstić information content (AvgIpc) is 2.78. The summed E-state index contributed by atoms with van der Waals surface area (Å²) in [5, 5.41) is 0.166. The molecule has 3 rings (SSSR count). The van der Waals surface area contributed by atoms with Gasteiger partial charge in [0.1, 0.15) is 17.5 Å². The summed E-state index contributed by atoms with van der Waals surface area (Å²) in [6, 6.07) is 8.90. The van der Waals surface area contributed by atoms with Crippen LogP contribution in [0.3, 0.4) is 0 Å². The van der Waals surface area contributed by atoms with Crippen LogP contribution in [0.2, 0.25) is 5.02 Å². The molecule has 1 fully saturated rings. The predicted octanol–water partition coefficient (Wildman–Crippen LogP) is 5.64. The van der Waals surface area contributed by atoms with E-state index in [1.54, 1.807) is 19.2 Å².